The molecule has 0 aliphatic rings. The summed E-state index contributed by atoms with van der Waals surface area (Å²) in [4.78, 5) is 1.26. The molecule has 0 spiro atoms. The van der Waals surface area contributed by atoms with Crippen LogP contribution in [0.3, 0.4) is 0 Å². The van der Waals surface area contributed by atoms with Gasteiger partial charge in [0.1, 0.15) is 0 Å². The maximum Gasteiger partial charge on any atom is 0.161 e. The molecule has 2 aromatic carbocycles. The first-order valence-electron chi connectivity index (χ1n) is 6.68. The van der Waals surface area contributed by atoms with E-state index in [-0.39, 0.29) is 0 Å². The van der Waals surface area contributed by atoms with E-state index in [9.17, 15) is 0 Å². The van der Waals surface area contributed by atoms with Crippen LogP contribution in [0, 0.1) is 0 Å². The molecule has 0 aliphatic carbocycles. The minimum Gasteiger partial charge on any atom is -0.493 e. The molecule has 0 saturated heterocycles. The van der Waals surface area contributed by atoms with E-state index in [0.29, 0.717) is 0 Å². The molecule has 3 rings (SSSR count). The SMILES string of the molecule is COc1ccc(-c2csc(-c3ccccc3)c2)cc1OC. The summed E-state index contributed by atoms with van der Waals surface area (Å²) >= 11 is 1.75. The fourth-order valence-electron chi connectivity index (χ4n) is 2.26. The molecule has 0 radical (unpaired) electrons. The second-order valence-corrected chi connectivity index (χ2v) is 5.55. The van der Waals surface area contributed by atoms with Gasteiger partial charge in [0.2, 0.25) is 0 Å². The molecule has 1 aromatic heterocycles. The number of rotatable bonds is 4. The molecule has 1 heterocycles. The van der Waals surface area contributed by atoms with E-state index in [2.05, 4.69) is 41.8 Å². The van der Waals surface area contributed by atoms with Crippen LogP contribution in [0.4, 0.5) is 0 Å². The molecule has 0 N–H and O–H groups in total. The largest absolute Gasteiger partial charge is 0.493 e. The molecule has 2 nitrogen and oxygen atoms in total. The lowest BCUT2D eigenvalue weighted by molar-refractivity contribution is 0.355. The first-order valence-corrected chi connectivity index (χ1v) is 7.56. The summed E-state index contributed by atoms with van der Waals surface area (Å²) < 4.78 is 10.6. The lowest BCUT2D eigenvalue weighted by atomic mass is 10.1. The van der Waals surface area contributed by atoms with Gasteiger partial charge in [-0.1, -0.05) is 36.4 Å². The predicted octanol–water partition coefficient (Wildman–Crippen LogP) is 5.10. The van der Waals surface area contributed by atoms with Gasteiger partial charge in [-0.05, 0) is 40.3 Å². The van der Waals surface area contributed by atoms with Crippen LogP contribution in [-0.4, -0.2) is 14.2 Å². The van der Waals surface area contributed by atoms with Crippen LogP contribution in [0.2, 0.25) is 0 Å². The topological polar surface area (TPSA) is 18.5 Å². The minimum absolute atomic E-state index is 0.750. The average Bonchev–Trinajstić information content (AvgIpc) is 3.05. The number of hydrogen-bond acceptors (Lipinski definition) is 3. The smallest absolute Gasteiger partial charge is 0.161 e. The summed E-state index contributed by atoms with van der Waals surface area (Å²) in [5.74, 6) is 1.50. The van der Waals surface area contributed by atoms with Gasteiger partial charge in [-0.3, -0.25) is 0 Å². The van der Waals surface area contributed by atoms with Crippen LogP contribution in [0.25, 0.3) is 21.6 Å². The van der Waals surface area contributed by atoms with Gasteiger partial charge in [0, 0.05) is 4.88 Å². The Kier molecular flexibility index (Phi) is 3.93. The van der Waals surface area contributed by atoms with Crippen LogP contribution >= 0.6 is 11.3 Å². The average molecular weight is 296 g/mol. The van der Waals surface area contributed by atoms with Crippen molar-refractivity contribution in [2.45, 2.75) is 0 Å². The van der Waals surface area contributed by atoms with Crippen molar-refractivity contribution >= 4 is 11.3 Å². The van der Waals surface area contributed by atoms with Crippen molar-refractivity contribution in [1.29, 1.82) is 0 Å². The Morgan fingerprint density at radius 2 is 1.48 bits per heavy atom. The van der Waals surface area contributed by atoms with Crippen LogP contribution in [-0.2, 0) is 0 Å². The van der Waals surface area contributed by atoms with Crippen molar-refractivity contribution in [3.05, 3.63) is 60.0 Å². The van der Waals surface area contributed by atoms with Crippen molar-refractivity contribution in [2.75, 3.05) is 14.2 Å². The number of thiophene rings is 1. The molecule has 0 amide bonds. The summed E-state index contributed by atoms with van der Waals surface area (Å²) in [6.07, 6.45) is 0. The van der Waals surface area contributed by atoms with E-state index in [4.69, 9.17) is 9.47 Å². The van der Waals surface area contributed by atoms with E-state index in [1.54, 1.807) is 25.6 Å². The van der Waals surface area contributed by atoms with Gasteiger partial charge in [-0.2, -0.15) is 0 Å². The van der Waals surface area contributed by atoms with Crippen molar-refractivity contribution in [1.82, 2.24) is 0 Å². The third-order valence-corrected chi connectivity index (χ3v) is 4.35. The quantitative estimate of drug-likeness (QED) is 0.667. The van der Waals surface area contributed by atoms with Gasteiger partial charge < -0.3 is 9.47 Å². The molecule has 0 saturated carbocycles. The zero-order chi connectivity index (χ0) is 14.7. The zero-order valence-corrected chi connectivity index (χ0v) is 12.8. The third kappa shape index (κ3) is 2.78. The van der Waals surface area contributed by atoms with Crippen LogP contribution in [0.1, 0.15) is 0 Å². The summed E-state index contributed by atoms with van der Waals surface area (Å²) in [6, 6.07) is 18.6. The Morgan fingerprint density at radius 1 is 0.714 bits per heavy atom. The number of benzene rings is 2. The first kappa shape index (κ1) is 13.7. The Morgan fingerprint density at radius 3 is 2.19 bits per heavy atom. The highest BCUT2D eigenvalue weighted by molar-refractivity contribution is 7.14. The molecule has 106 valence electrons. The monoisotopic (exact) mass is 296 g/mol. The van der Waals surface area contributed by atoms with E-state index >= 15 is 0 Å². The number of hydrogen-bond donors (Lipinski definition) is 0. The fourth-order valence-corrected chi connectivity index (χ4v) is 3.18. The molecule has 3 aromatic rings. The molecule has 21 heavy (non-hydrogen) atoms. The Labute approximate surface area is 128 Å². The summed E-state index contributed by atoms with van der Waals surface area (Å²) in [7, 11) is 3.31. The molecule has 0 aliphatic heterocycles. The van der Waals surface area contributed by atoms with Crippen molar-refractivity contribution in [3.63, 3.8) is 0 Å². The maximum absolute atomic E-state index is 5.37. The predicted molar refractivity (Wildman–Crippen MR) is 88.3 cm³/mol. The maximum atomic E-state index is 5.37. The Hall–Kier alpha value is -2.26. The Bertz CT molecular complexity index is 732. The normalized spacial score (nSPS) is 10.4. The van der Waals surface area contributed by atoms with Gasteiger partial charge in [0.25, 0.3) is 0 Å². The van der Waals surface area contributed by atoms with Crippen molar-refractivity contribution in [3.8, 4) is 33.1 Å². The third-order valence-electron chi connectivity index (χ3n) is 3.37. The zero-order valence-electron chi connectivity index (χ0n) is 12.0. The van der Waals surface area contributed by atoms with Crippen molar-refractivity contribution in [2.24, 2.45) is 0 Å². The molecule has 0 atom stereocenters. The van der Waals surface area contributed by atoms with Crippen LogP contribution in [0.5, 0.6) is 11.5 Å². The first-order chi connectivity index (χ1) is 10.3. The van der Waals surface area contributed by atoms with Crippen LogP contribution < -0.4 is 9.47 Å². The lowest BCUT2D eigenvalue weighted by Gasteiger charge is -2.08. The highest BCUT2D eigenvalue weighted by atomic mass is 32.1. The molecular weight excluding hydrogens is 280 g/mol. The standard InChI is InChI=1S/C18H16O2S/c1-19-16-9-8-14(10-17(16)20-2)15-11-18(21-12-15)13-6-4-3-5-7-13/h3-12H,1-2H3. The summed E-state index contributed by atoms with van der Waals surface area (Å²) in [5, 5.41) is 2.17. The summed E-state index contributed by atoms with van der Waals surface area (Å²) in [6.45, 7) is 0. The molecule has 0 bridgehead atoms. The fraction of sp³-hybridized carbons (Fsp3) is 0.111. The second kappa shape index (κ2) is 6.02. The summed E-state index contributed by atoms with van der Waals surface area (Å²) in [5.41, 5.74) is 3.57. The van der Waals surface area contributed by atoms with E-state index in [0.717, 1.165) is 17.1 Å². The van der Waals surface area contributed by atoms with Gasteiger partial charge >= 0.3 is 0 Å². The molecule has 0 unspecified atom stereocenters. The minimum atomic E-state index is 0.750. The number of methoxy groups -OCH3 is 2. The van der Waals surface area contributed by atoms with E-state index < -0.39 is 0 Å². The van der Waals surface area contributed by atoms with Gasteiger partial charge in [-0.25, -0.2) is 0 Å². The highest BCUT2D eigenvalue weighted by Crippen LogP contribution is 2.36. The van der Waals surface area contributed by atoms with E-state index in [1.165, 1.54) is 16.0 Å². The lowest BCUT2D eigenvalue weighted by Crippen LogP contribution is -1.90. The molecule has 0 fully saturated rings. The number of ether oxygens (including phenoxy) is 2. The van der Waals surface area contributed by atoms with Gasteiger partial charge in [0.15, 0.2) is 11.5 Å². The molecule has 3 heteroatoms. The second-order valence-electron chi connectivity index (χ2n) is 4.64. The molecular formula is C18H16O2S. The van der Waals surface area contributed by atoms with E-state index in [1.807, 2.05) is 18.2 Å². The van der Waals surface area contributed by atoms with Crippen molar-refractivity contribution < 1.29 is 9.47 Å². The Balaban J connectivity index is 1.97. The van der Waals surface area contributed by atoms with Crippen LogP contribution in [0.15, 0.2) is 60.0 Å². The highest BCUT2D eigenvalue weighted by Gasteiger charge is 2.08. The van der Waals surface area contributed by atoms with Gasteiger partial charge in [0.05, 0.1) is 14.2 Å². The van der Waals surface area contributed by atoms with Gasteiger partial charge in [-0.15, -0.1) is 11.3 Å².